The number of nitrogens with one attached hydrogen (secondary N) is 1. The van der Waals surface area contributed by atoms with E-state index >= 15 is 0 Å². The van der Waals surface area contributed by atoms with Crippen molar-refractivity contribution >= 4 is 33.0 Å². The number of hydrogen-bond acceptors (Lipinski definition) is 4. The van der Waals surface area contributed by atoms with Gasteiger partial charge in [0, 0.05) is 17.2 Å². The first-order chi connectivity index (χ1) is 9.95. The van der Waals surface area contributed by atoms with Crippen LogP contribution >= 0.6 is 11.3 Å². The van der Waals surface area contributed by atoms with Gasteiger partial charge in [-0.15, -0.1) is 11.3 Å². The normalized spacial score (nSPS) is 12.8. The fraction of sp³-hybridized carbons (Fsp3) is 0.438. The molecule has 0 fully saturated rings. The van der Waals surface area contributed by atoms with E-state index in [4.69, 9.17) is 10.5 Å². The molecule has 0 bridgehead atoms. The molecule has 0 saturated carbocycles. The summed E-state index contributed by atoms with van der Waals surface area (Å²) in [5.41, 5.74) is 7.86. The summed E-state index contributed by atoms with van der Waals surface area (Å²) in [7, 11) is 1.64. The lowest BCUT2D eigenvalue weighted by Crippen LogP contribution is -2.41. The fourth-order valence-electron chi connectivity index (χ4n) is 2.26. The number of fused-ring (bicyclic) bond motifs is 1. The zero-order valence-corrected chi connectivity index (χ0v) is 13.7. The van der Waals surface area contributed by atoms with Crippen LogP contribution in [-0.4, -0.2) is 25.7 Å². The number of hydrogen-bond donors (Lipinski definition) is 2. The predicted molar refractivity (Wildman–Crippen MR) is 88.9 cm³/mol. The van der Waals surface area contributed by atoms with Crippen LogP contribution < -0.4 is 11.1 Å². The molecule has 4 nitrogen and oxygen atoms in total. The van der Waals surface area contributed by atoms with Crippen molar-refractivity contribution in [2.24, 2.45) is 5.92 Å². The first-order valence-electron chi connectivity index (χ1n) is 7.03. The molecular weight excluding hydrogens is 284 g/mol. The fourth-order valence-corrected chi connectivity index (χ4v) is 3.35. The Labute approximate surface area is 129 Å². The molecule has 0 aliphatic rings. The Hall–Kier alpha value is -1.59. The number of anilines is 1. The van der Waals surface area contributed by atoms with Gasteiger partial charge in [-0.1, -0.05) is 32.0 Å². The lowest BCUT2D eigenvalue weighted by atomic mass is 10.1. The average molecular weight is 306 g/mol. The van der Waals surface area contributed by atoms with Crippen LogP contribution in [0, 0.1) is 12.8 Å². The highest BCUT2D eigenvalue weighted by Crippen LogP contribution is 2.35. The maximum absolute atomic E-state index is 12.5. The maximum Gasteiger partial charge on any atom is 0.263 e. The molecule has 2 aromatic rings. The van der Waals surface area contributed by atoms with Crippen molar-refractivity contribution in [1.29, 1.82) is 0 Å². The quantitative estimate of drug-likeness (QED) is 0.891. The van der Waals surface area contributed by atoms with Gasteiger partial charge in [0.1, 0.15) is 4.88 Å². The third-order valence-corrected chi connectivity index (χ3v) is 4.98. The molecule has 21 heavy (non-hydrogen) atoms. The molecule has 0 aliphatic carbocycles. The van der Waals surface area contributed by atoms with E-state index in [1.165, 1.54) is 11.3 Å². The largest absolute Gasteiger partial charge is 0.397 e. The zero-order valence-electron chi connectivity index (χ0n) is 12.9. The number of nitrogen functional groups attached to an aromatic ring is 1. The second-order valence-electron chi connectivity index (χ2n) is 5.58. The van der Waals surface area contributed by atoms with E-state index in [1.807, 2.05) is 25.1 Å². The van der Waals surface area contributed by atoms with E-state index in [0.29, 0.717) is 23.1 Å². The van der Waals surface area contributed by atoms with Crippen molar-refractivity contribution in [3.63, 3.8) is 0 Å². The molecular formula is C16H22N2O2S. The molecule has 2 rings (SSSR count). The van der Waals surface area contributed by atoms with Gasteiger partial charge in [-0.2, -0.15) is 0 Å². The summed E-state index contributed by atoms with van der Waals surface area (Å²) in [4.78, 5) is 13.1. The van der Waals surface area contributed by atoms with Gasteiger partial charge in [0.05, 0.1) is 18.3 Å². The van der Waals surface area contributed by atoms with Gasteiger partial charge in [0.15, 0.2) is 0 Å². The van der Waals surface area contributed by atoms with E-state index in [9.17, 15) is 4.79 Å². The Morgan fingerprint density at radius 1 is 1.43 bits per heavy atom. The highest BCUT2D eigenvalue weighted by molar-refractivity contribution is 7.21. The number of rotatable bonds is 5. The molecule has 0 radical (unpaired) electrons. The number of amides is 1. The summed E-state index contributed by atoms with van der Waals surface area (Å²) in [5.74, 6) is 0.176. The number of ether oxygens (including phenoxy) is 1. The first kappa shape index (κ1) is 15.8. The van der Waals surface area contributed by atoms with E-state index < -0.39 is 0 Å². The minimum atomic E-state index is -0.121. The number of thiophene rings is 1. The molecule has 1 unspecified atom stereocenters. The molecule has 1 aromatic heterocycles. The van der Waals surface area contributed by atoms with Crippen LogP contribution in [0.15, 0.2) is 18.2 Å². The second kappa shape index (κ2) is 6.45. The number of methoxy groups -OCH3 is 1. The molecule has 0 saturated heterocycles. The van der Waals surface area contributed by atoms with E-state index in [0.717, 1.165) is 15.6 Å². The SMILES string of the molecule is COCC(NC(=O)c1sc2c(C)cccc2c1N)C(C)C. The molecule has 3 N–H and O–H groups in total. The van der Waals surface area contributed by atoms with Gasteiger partial charge in [-0.05, 0) is 18.4 Å². The third kappa shape index (κ3) is 3.19. The molecule has 1 atom stereocenters. The molecule has 1 aromatic carbocycles. The molecule has 1 heterocycles. The van der Waals surface area contributed by atoms with E-state index in [2.05, 4.69) is 19.2 Å². The molecule has 1 amide bonds. The van der Waals surface area contributed by atoms with Gasteiger partial charge < -0.3 is 15.8 Å². The lowest BCUT2D eigenvalue weighted by Gasteiger charge is -2.21. The summed E-state index contributed by atoms with van der Waals surface area (Å²) in [6, 6.07) is 5.93. The second-order valence-corrected chi connectivity index (χ2v) is 6.60. The lowest BCUT2D eigenvalue weighted by molar-refractivity contribution is 0.0871. The first-order valence-corrected chi connectivity index (χ1v) is 7.84. The molecule has 5 heteroatoms. The van der Waals surface area contributed by atoms with Crippen LogP contribution in [0.2, 0.25) is 0 Å². The summed E-state index contributed by atoms with van der Waals surface area (Å²) in [5, 5.41) is 3.98. The van der Waals surface area contributed by atoms with Crippen molar-refractivity contribution in [2.45, 2.75) is 26.8 Å². The van der Waals surface area contributed by atoms with E-state index in [1.54, 1.807) is 7.11 Å². The van der Waals surface area contributed by atoms with Gasteiger partial charge in [0.25, 0.3) is 5.91 Å². The van der Waals surface area contributed by atoms with Crippen molar-refractivity contribution < 1.29 is 9.53 Å². The molecule has 114 valence electrons. The van der Waals surface area contributed by atoms with Crippen LogP contribution in [0.25, 0.3) is 10.1 Å². The maximum atomic E-state index is 12.5. The zero-order chi connectivity index (χ0) is 15.6. The van der Waals surface area contributed by atoms with E-state index in [-0.39, 0.29) is 11.9 Å². The number of benzene rings is 1. The smallest absolute Gasteiger partial charge is 0.263 e. The van der Waals surface area contributed by atoms with Crippen molar-refractivity contribution in [2.75, 3.05) is 19.5 Å². The summed E-state index contributed by atoms with van der Waals surface area (Å²) < 4.78 is 6.24. The van der Waals surface area contributed by atoms with Crippen molar-refractivity contribution in [3.05, 3.63) is 28.6 Å². The predicted octanol–water partition coefficient (Wildman–Crippen LogP) is 3.19. The Bertz CT molecular complexity index is 649. The van der Waals surface area contributed by atoms with Crippen LogP contribution in [0.1, 0.15) is 29.1 Å². The minimum Gasteiger partial charge on any atom is -0.397 e. The Morgan fingerprint density at radius 3 is 2.71 bits per heavy atom. The third-order valence-electron chi connectivity index (χ3n) is 3.62. The number of nitrogens with two attached hydrogens (primary N) is 1. The monoisotopic (exact) mass is 306 g/mol. The summed E-state index contributed by atoms with van der Waals surface area (Å²) in [6.45, 7) is 6.64. The summed E-state index contributed by atoms with van der Waals surface area (Å²) >= 11 is 1.45. The van der Waals surface area contributed by atoms with Gasteiger partial charge in [-0.3, -0.25) is 4.79 Å². The Balaban J connectivity index is 2.31. The molecule has 0 aliphatic heterocycles. The summed E-state index contributed by atoms with van der Waals surface area (Å²) in [6.07, 6.45) is 0. The highest BCUT2D eigenvalue weighted by Gasteiger charge is 2.21. The van der Waals surface area contributed by atoms with Gasteiger partial charge >= 0.3 is 0 Å². The number of carbonyl (C=O) groups excluding carboxylic acids is 1. The molecule has 0 spiro atoms. The highest BCUT2D eigenvalue weighted by atomic mass is 32.1. The van der Waals surface area contributed by atoms with Gasteiger partial charge in [-0.25, -0.2) is 0 Å². The van der Waals surface area contributed by atoms with Crippen LogP contribution in [-0.2, 0) is 4.74 Å². The Kier molecular flexibility index (Phi) is 4.85. The van der Waals surface area contributed by atoms with Crippen LogP contribution in [0.5, 0.6) is 0 Å². The van der Waals surface area contributed by atoms with Gasteiger partial charge in [0.2, 0.25) is 0 Å². The van der Waals surface area contributed by atoms with Crippen LogP contribution in [0.4, 0.5) is 5.69 Å². The standard InChI is InChI=1S/C16H22N2O2S/c1-9(2)12(8-20-4)18-16(19)15-13(17)11-7-5-6-10(3)14(11)21-15/h5-7,9,12H,8,17H2,1-4H3,(H,18,19). The average Bonchev–Trinajstić information content (AvgIpc) is 2.77. The number of aryl methyl sites for hydroxylation is 1. The van der Waals surface area contributed by atoms with Crippen LogP contribution in [0.3, 0.4) is 0 Å². The minimum absolute atomic E-state index is 0.0202. The Morgan fingerprint density at radius 2 is 2.14 bits per heavy atom. The number of carbonyl (C=O) groups is 1. The van der Waals surface area contributed by atoms with Crippen molar-refractivity contribution in [3.8, 4) is 0 Å². The topological polar surface area (TPSA) is 64.3 Å². The van der Waals surface area contributed by atoms with Crippen molar-refractivity contribution in [1.82, 2.24) is 5.32 Å².